The maximum absolute atomic E-state index is 12.4. The molecule has 1 N–H and O–H groups in total. The molecule has 0 aliphatic carbocycles. The van der Waals surface area contributed by atoms with Crippen molar-refractivity contribution in [2.45, 2.75) is 83.6 Å². The fraction of sp³-hybridized carbons (Fsp3) is 0.789. The number of hydrogen-bond donors (Lipinski definition) is 1. The lowest BCUT2D eigenvalue weighted by molar-refractivity contribution is -0.148. The van der Waals surface area contributed by atoms with Gasteiger partial charge in [0, 0.05) is 25.8 Å². The third-order valence-corrected chi connectivity index (χ3v) is 4.61. The standard InChI is InChI=1S/C19H32N2O5/c1-3-4-5-6-7-10-16(22)21-15(12-13-17(21)23)19(25)20-14-9-8-11-18(24)26-2/h15H,3-14H2,1-2H3,(H,20,25). The molecule has 26 heavy (non-hydrogen) atoms. The number of nitrogens with one attached hydrogen (secondary N) is 1. The first-order valence-corrected chi connectivity index (χ1v) is 9.70. The van der Waals surface area contributed by atoms with Crippen molar-refractivity contribution in [1.82, 2.24) is 10.2 Å². The van der Waals surface area contributed by atoms with Crippen LogP contribution in [0, 0.1) is 0 Å². The van der Waals surface area contributed by atoms with E-state index in [2.05, 4.69) is 17.0 Å². The van der Waals surface area contributed by atoms with E-state index in [4.69, 9.17) is 0 Å². The summed E-state index contributed by atoms with van der Waals surface area (Å²) in [6.07, 6.45) is 7.63. The molecule has 1 fully saturated rings. The van der Waals surface area contributed by atoms with Gasteiger partial charge in [0.15, 0.2) is 0 Å². The van der Waals surface area contributed by atoms with Crippen molar-refractivity contribution in [3.8, 4) is 0 Å². The number of likely N-dealkylation sites (tertiary alicyclic amines) is 1. The Labute approximate surface area is 155 Å². The van der Waals surface area contributed by atoms with Gasteiger partial charge in [-0.2, -0.15) is 0 Å². The van der Waals surface area contributed by atoms with E-state index in [0.29, 0.717) is 38.6 Å². The first-order chi connectivity index (χ1) is 12.5. The van der Waals surface area contributed by atoms with E-state index in [9.17, 15) is 19.2 Å². The molecule has 0 aromatic carbocycles. The van der Waals surface area contributed by atoms with E-state index >= 15 is 0 Å². The predicted molar refractivity (Wildman–Crippen MR) is 97.1 cm³/mol. The number of imide groups is 1. The van der Waals surface area contributed by atoms with Gasteiger partial charge in [-0.3, -0.25) is 24.1 Å². The first kappa shape index (κ1) is 22.1. The van der Waals surface area contributed by atoms with Crippen LogP contribution in [0.3, 0.4) is 0 Å². The maximum Gasteiger partial charge on any atom is 0.305 e. The van der Waals surface area contributed by atoms with Crippen LogP contribution >= 0.6 is 0 Å². The Hall–Kier alpha value is -1.92. The van der Waals surface area contributed by atoms with E-state index < -0.39 is 6.04 Å². The van der Waals surface area contributed by atoms with E-state index in [1.807, 2.05) is 0 Å². The molecule has 1 aliphatic heterocycles. The molecule has 1 rings (SSSR count). The topological polar surface area (TPSA) is 92.8 Å². The third kappa shape index (κ3) is 7.54. The van der Waals surface area contributed by atoms with Gasteiger partial charge < -0.3 is 10.1 Å². The number of carbonyl (C=O) groups excluding carboxylic acids is 4. The number of nitrogens with zero attached hydrogens (tertiary/aromatic N) is 1. The van der Waals surface area contributed by atoms with Crippen molar-refractivity contribution >= 4 is 23.7 Å². The van der Waals surface area contributed by atoms with E-state index in [1.165, 1.54) is 7.11 Å². The SMILES string of the molecule is CCCCCCCC(=O)N1C(=O)CCC1C(=O)NCCCCC(=O)OC. The molecule has 1 atom stereocenters. The van der Waals surface area contributed by atoms with Gasteiger partial charge in [0.1, 0.15) is 6.04 Å². The van der Waals surface area contributed by atoms with Crippen molar-refractivity contribution in [3.63, 3.8) is 0 Å². The van der Waals surface area contributed by atoms with Gasteiger partial charge in [-0.25, -0.2) is 0 Å². The van der Waals surface area contributed by atoms with Crippen LogP contribution in [0.1, 0.15) is 77.6 Å². The summed E-state index contributed by atoms with van der Waals surface area (Å²) in [7, 11) is 1.34. The monoisotopic (exact) mass is 368 g/mol. The summed E-state index contributed by atoms with van der Waals surface area (Å²) in [4.78, 5) is 48.9. The molecule has 7 heteroatoms. The summed E-state index contributed by atoms with van der Waals surface area (Å²) in [6.45, 7) is 2.55. The van der Waals surface area contributed by atoms with E-state index in [-0.39, 0.29) is 30.1 Å². The van der Waals surface area contributed by atoms with E-state index in [1.54, 1.807) is 0 Å². The second kappa shape index (κ2) is 12.4. The van der Waals surface area contributed by atoms with Crippen molar-refractivity contribution in [3.05, 3.63) is 0 Å². The zero-order chi connectivity index (χ0) is 19.4. The lowest BCUT2D eigenvalue weighted by Gasteiger charge is -2.22. The zero-order valence-electron chi connectivity index (χ0n) is 16.1. The molecule has 0 saturated carbocycles. The fourth-order valence-electron chi connectivity index (χ4n) is 3.07. The molecule has 1 heterocycles. The number of carbonyl (C=O) groups is 4. The van der Waals surface area contributed by atoms with Crippen LogP contribution in [-0.4, -0.2) is 48.3 Å². The molecule has 0 radical (unpaired) electrons. The summed E-state index contributed by atoms with van der Waals surface area (Å²) in [5.74, 6) is -1.05. The Morgan fingerprint density at radius 3 is 2.46 bits per heavy atom. The van der Waals surface area contributed by atoms with Gasteiger partial charge in [0.25, 0.3) is 0 Å². The minimum Gasteiger partial charge on any atom is -0.469 e. The molecule has 0 spiro atoms. The molecule has 1 aliphatic rings. The predicted octanol–water partition coefficient (Wildman–Crippen LogP) is 2.32. The normalized spacial score (nSPS) is 16.6. The van der Waals surface area contributed by atoms with Gasteiger partial charge in [0.2, 0.25) is 17.7 Å². The number of hydrogen-bond acceptors (Lipinski definition) is 5. The van der Waals surface area contributed by atoms with Crippen molar-refractivity contribution in [1.29, 1.82) is 0 Å². The average molecular weight is 368 g/mol. The number of ether oxygens (including phenoxy) is 1. The summed E-state index contributed by atoms with van der Waals surface area (Å²) in [5.41, 5.74) is 0. The number of methoxy groups -OCH3 is 1. The van der Waals surface area contributed by atoms with Crippen LogP contribution in [0.5, 0.6) is 0 Å². The minimum atomic E-state index is -0.689. The van der Waals surface area contributed by atoms with Crippen molar-refractivity contribution < 1.29 is 23.9 Å². The van der Waals surface area contributed by atoms with Gasteiger partial charge in [-0.15, -0.1) is 0 Å². The zero-order valence-corrected chi connectivity index (χ0v) is 16.1. The summed E-state index contributed by atoms with van der Waals surface area (Å²) in [6, 6.07) is -0.689. The van der Waals surface area contributed by atoms with Crippen LogP contribution in [-0.2, 0) is 23.9 Å². The van der Waals surface area contributed by atoms with Gasteiger partial charge in [-0.1, -0.05) is 32.6 Å². The Kier molecular flexibility index (Phi) is 10.6. The smallest absolute Gasteiger partial charge is 0.305 e. The highest BCUT2D eigenvalue weighted by atomic mass is 16.5. The van der Waals surface area contributed by atoms with E-state index in [0.717, 1.165) is 37.0 Å². The van der Waals surface area contributed by atoms with Crippen molar-refractivity contribution in [2.75, 3.05) is 13.7 Å². The molecule has 0 aromatic rings. The number of unbranched alkanes of at least 4 members (excludes halogenated alkanes) is 5. The molecule has 1 unspecified atom stereocenters. The molecular formula is C19H32N2O5. The molecule has 7 nitrogen and oxygen atoms in total. The van der Waals surface area contributed by atoms with Gasteiger partial charge in [0.05, 0.1) is 7.11 Å². The molecular weight excluding hydrogens is 336 g/mol. The Bertz CT molecular complexity index is 492. The molecule has 148 valence electrons. The van der Waals surface area contributed by atoms with Crippen LogP contribution < -0.4 is 5.32 Å². The Morgan fingerprint density at radius 2 is 1.77 bits per heavy atom. The van der Waals surface area contributed by atoms with Crippen LogP contribution in [0.2, 0.25) is 0 Å². The third-order valence-electron chi connectivity index (χ3n) is 4.61. The lowest BCUT2D eigenvalue weighted by atomic mass is 10.1. The Morgan fingerprint density at radius 1 is 1.08 bits per heavy atom. The number of rotatable bonds is 12. The quantitative estimate of drug-likeness (QED) is 0.421. The fourth-order valence-corrected chi connectivity index (χ4v) is 3.07. The largest absolute Gasteiger partial charge is 0.469 e. The number of amides is 3. The first-order valence-electron chi connectivity index (χ1n) is 9.70. The molecule has 0 aromatic heterocycles. The van der Waals surface area contributed by atoms with Crippen LogP contribution in [0.4, 0.5) is 0 Å². The van der Waals surface area contributed by atoms with Crippen molar-refractivity contribution in [2.24, 2.45) is 0 Å². The Balaban J connectivity index is 2.36. The molecule has 0 bridgehead atoms. The second-order valence-electron chi connectivity index (χ2n) is 6.70. The maximum atomic E-state index is 12.4. The molecule has 3 amide bonds. The second-order valence-corrected chi connectivity index (χ2v) is 6.70. The van der Waals surface area contributed by atoms with Crippen LogP contribution in [0.25, 0.3) is 0 Å². The summed E-state index contributed by atoms with van der Waals surface area (Å²) >= 11 is 0. The lowest BCUT2D eigenvalue weighted by Crippen LogP contribution is -2.47. The summed E-state index contributed by atoms with van der Waals surface area (Å²) < 4.78 is 4.56. The van der Waals surface area contributed by atoms with Gasteiger partial charge >= 0.3 is 5.97 Å². The number of esters is 1. The highest BCUT2D eigenvalue weighted by molar-refractivity contribution is 6.02. The molecule has 1 saturated heterocycles. The average Bonchev–Trinajstić information content (AvgIpc) is 3.02. The van der Waals surface area contributed by atoms with Gasteiger partial charge in [-0.05, 0) is 25.7 Å². The van der Waals surface area contributed by atoms with Crippen LogP contribution in [0.15, 0.2) is 0 Å². The highest BCUT2D eigenvalue weighted by Crippen LogP contribution is 2.21. The summed E-state index contributed by atoms with van der Waals surface area (Å²) in [5, 5.41) is 2.77. The minimum absolute atomic E-state index is 0.238. The highest BCUT2D eigenvalue weighted by Gasteiger charge is 2.39.